The maximum absolute atomic E-state index is 4.68. The van der Waals surface area contributed by atoms with Crippen molar-refractivity contribution >= 4 is 34.0 Å². The highest BCUT2D eigenvalue weighted by Gasteiger charge is 2.45. The van der Waals surface area contributed by atoms with Crippen LogP contribution in [-0.4, -0.2) is 9.55 Å². The van der Waals surface area contributed by atoms with E-state index in [-0.39, 0.29) is 0 Å². The fourth-order valence-corrected chi connectivity index (χ4v) is 8.18. The molecule has 1 atom stereocenters. The standard InChI is InChI=1S/C47H34N2/c1-3-13-39-40-19-11-21-42-46(40)49(43(39)4-2)44-22-9-8-20-41(44)47(42,36-16-6-5-7-17-36)37-29-27-33(28-30-37)32-23-25-34(26-24-32)38-18-10-14-35-15-12-31-48-45(35)38/h3-31H,2H2,1H3/b13-3-. The van der Waals surface area contributed by atoms with Gasteiger partial charge in [0, 0.05) is 28.1 Å². The Labute approximate surface area is 287 Å². The van der Waals surface area contributed by atoms with Gasteiger partial charge in [0.05, 0.1) is 27.8 Å². The summed E-state index contributed by atoms with van der Waals surface area (Å²) in [4.78, 5) is 4.68. The van der Waals surface area contributed by atoms with Crippen LogP contribution in [0.2, 0.25) is 0 Å². The van der Waals surface area contributed by atoms with Gasteiger partial charge >= 0.3 is 0 Å². The van der Waals surface area contributed by atoms with Crippen LogP contribution < -0.4 is 0 Å². The molecular formula is C47H34N2. The highest BCUT2D eigenvalue weighted by atomic mass is 15.0. The van der Waals surface area contributed by atoms with Crippen molar-refractivity contribution in [3.63, 3.8) is 0 Å². The first-order chi connectivity index (χ1) is 24.2. The van der Waals surface area contributed by atoms with Gasteiger partial charge in [0.2, 0.25) is 0 Å². The molecule has 0 radical (unpaired) electrons. The van der Waals surface area contributed by atoms with E-state index in [2.05, 4.69) is 181 Å². The average molecular weight is 627 g/mol. The Kier molecular flexibility index (Phi) is 6.77. The molecule has 0 fully saturated rings. The van der Waals surface area contributed by atoms with Gasteiger partial charge in [-0.15, -0.1) is 0 Å². The largest absolute Gasteiger partial charge is 0.309 e. The van der Waals surface area contributed by atoms with E-state index >= 15 is 0 Å². The van der Waals surface area contributed by atoms with E-state index in [0.717, 1.165) is 22.2 Å². The molecule has 2 nitrogen and oxygen atoms in total. The van der Waals surface area contributed by atoms with Gasteiger partial charge in [-0.25, -0.2) is 0 Å². The SMILES string of the molecule is C=Cc1c(/C=C\C)c2cccc3c2n1-c1ccccc1C3(c1ccccc1)c1ccc(-c2ccc(-c3cccc4cccnc34)cc2)cc1. The predicted octanol–water partition coefficient (Wildman–Crippen LogP) is 11.9. The second kappa shape index (κ2) is 11.5. The number of aromatic nitrogens is 2. The van der Waals surface area contributed by atoms with E-state index in [0.29, 0.717) is 0 Å². The minimum Gasteiger partial charge on any atom is -0.309 e. The Hall–Kier alpha value is -6.25. The summed E-state index contributed by atoms with van der Waals surface area (Å²) in [5.41, 5.74) is 14.9. The number of pyridine rings is 1. The summed E-state index contributed by atoms with van der Waals surface area (Å²) in [5.74, 6) is 0. The normalized spacial score (nSPS) is 15.1. The van der Waals surface area contributed by atoms with Gasteiger partial charge < -0.3 is 4.57 Å². The molecule has 0 amide bonds. The molecule has 9 rings (SSSR count). The number of para-hydroxylation sites is 3. The Morgan fingerprint density at radius 2 is 1.27 bits per heavy atom. The molecule has 0 bridgehead atoms. The maximum Gasteiger partial charge on any atom is 0.0780 e. The lowest BCUT2D eigenvalue weighted by Gasteiger charge is -2.42. The predicted molar refractivity (Wildman–Crippen MR) is 206 cm³/mol. The second-order valence-corrected chi connectivity index (χ2v) is 12.7. The van der Waals surface area contributed by atoms with Crippen molar-refractivity contribution in [3.05, 3.63) is 204 Å². The van der Waals surface area contributed by atoms with E-state index in [1.54, 1.807) is 0 Å². The lowest BCUT2D eigenvalue weighted by atomic mass is 9.63. The van der Waals surface area contributed by atoms with Crippen LogP contribution in [0.1, 0.15) is 40.4 Å². The molecule has 1 aliphatic heterocycles. The molecular weight excluding hydrogens is 593 g/mol. The topological polar surface area (TPSA) is 17.8 Å². The maximum atomic E-state index is 4.68. The minimum absolute atomic E-state index is 0.527. The zero-order valence-electron chi connectivity index (χ0n) is 27.3. The zero-order chi connectivity index (χ0) is 33.0. The number of fused-ring (bicyclic) bond motifs is 3. The van der Waals surface area contributed by atoms with Crippen LogP contribution in [-0.2, 0) is 5.41 Å². The molecule has 1 unspecified atom stereocenters. The molecule has 232 valence electrons. The summed E-state index contributed by atoms with van der Waals surface area (Å²) in [6.07, 6.45) is 8.21. The molecule has 0 aliphatic carbocycles. The fourth-order valence-electron chi connectivity index (χ4n) is 8.18. The number of benzene rings is 6. The summed E-state index contributed by atoms with van der Waals surface area (Å²) in [6, 6.07) is 55.3. The lowest BCUT2D eigenvalue weighted by Crippen LogP contribution is -2.35. The van der Waals surface area contributed by atoms with Gasteiger partial charge in [-0.2, -0.15) is 0 Å². The molecule has 0 spiro atoms. The molecule has 0 saturated carbocycles. The quantitative estimate of drug-likeness (QED) is 0.180. The van der Waals surface area contributed by atoms with E-state index in [1.165, 1.54) is 61.1 Å². The molecule has 49 heavy (non-hydrogen) atoms. The molecule has 3 heterocycles. The number of allylic oxidation sites excluding steroid dienone is 1. The van der Waals surface area contributed by atoms with Gasteiger partial charge in [0.15, 0.2) is 0 Å². The van der Waals surface area contributed by atoms with Gasteiger partial charge in [-0.3, -0.25) is 4.98 Å². The summed E-state index contributed by atoms with van der Waals surface area (Å²) < 4.78 is 2.42. The van der Waals surface area contributed by atoms with Crippen molar-refractivity contribution in [1.82, 2.24) is 9.55 Å². The van der Waals surface area contributed by atoms with Crippen LogP contribution in [0, 0.1) is 0 Å². The highest BCUT2D eigenvalue weighted by Crippen LogP contribution is 2.54. The van der Waals surface area contributed by atoms with E-state index in [4.69, 9.17) is 0 Å². The van der Waals surface area contributed by atoms with Crippen LogP contribution in [0.25, 0.3) is 61.9 Å². The van der Waals surface area contributed by atoms with Crippen molar-refractivity contribution in [3.8, 4) is 27.9 Å². The van der Waals surface area contributed by atoms with Crippen LogP contribution in [0.5, 0.6) is 0 Å². The minimum atomic E-state index is -0.527. The van der Waals surface area contributed by atoms with Crippen molar-refractivity contribution in [2.45, 2.75) is 12.3 Å². The van der Waals surface area contributed by atoms with E-state index in [1.807, 2.05) is 18.3 Å². The molecule has 6 aromatic carbocycles. The van der Waals surface area contributed by atoms with Crippen LogP contribution in [0.3, 0.4) is 0 Å². The van der Waals surface area contributed by atoms with Crippen molar-refractivity contribution in [2.24, 2.45) is 0 Å². The molecule has 8 aromatic rings. The van der Waals surface area contributed by atoms with Crippen molar-refractivity contribution in [1.29, 1.82) is 0 Å². The first-order valence-electron chi connectivity index (χ1n) is 16.9. The summed E-state index contributed by atoms with van der Waals surface area (Å²) in [5, 5.41) is 2.39. The Balaban J connectivity index is 1.23. The van der Waals surface area contributed by atoms with Crippen LogP contribution in [0.4, 0.5) is 0 Å². The first kappa shape index (κ1) is 28.9. The summed E-state index contributed by atoms with van der Waals surface area (Å²) >= 11 is 0. The van der Waals surface area contributed by atoms with Crippen molar-refractivity contribution < 1.29 is 0 Å². The molecule has 0 N–H and O–H groups in total. The summed E-state index contributed by atoms with van der Waals surface area (Å²) in [6.45, 7) is 6.35. The van der Waals surface area contributed by atoms with Crippen molar-refractivity contribution in [2.75, 3.05) is 0 Å². The molecule has 2 aromatic heterocycles. The highest BCUT2D eigenvalue weighted by molar-refractivity contribution is 6.00. The average Bonchev–Trinajstić information content (AvgIpc) is 3.49. The number of nitrogens with zero attached hydrogens (tertiary/aromatic N) is 2. The number of hydrogen-bond donors (Lipinski definition) is 0. The van der Waals surface area contributed by atoms with Gasteiger partial charge in [0.25, 0.3) is 0 Å². The molecule has 1 aliphatic rings. The van der Waals surface area contributed by atoms with Gasteiger partial charge in [0.1, 0.15) is 0 Å². The lowest BCUT2D eigenvalue weighted by molar-refractivity contribution is 0.724. The Morgan fingerprint density at radius 3 is 2.04 bits per heavy atom. The second-order valence-electron chi connectivity index (χ2n) is 12.7. The van der Waals surface area contributed by atoms with Gasteiger partial charge in [-0.05, 0) is 64.1 Å². The third-order valence-electron chi connectivity index (χ3n) is 10.2. The third kappa shape index (κ3) is 4.24. The first-order valence-corrected chi connectivity index (χ1v) is 16.9. The van der Waals surface area contributed by atoms with Crippen LogP contribution >= 0.6 is 0 Å². The monoisotopic (exact) mass is 626 g/mol. The molecule has 0 saturated heterocycles. The third-order valence-corrected chi connectivity index (χ3v) is 10.2. The van der Waals surface area contributed by atoms with E-state index < -0.39 is 5.41 Å². The van der Waals surface area contributed by atoms with Crippen LogP contribution in [0.15, 0.2) is 171 Å². The Bertz CT molecular complexity index is 2550. The zero-order valence-corrected chi connectivity index (χ0v) is 27.3. The number of rotatable bonds is 6. The smallest absolute Gasteiger partial charge is 0.0780 e. The van der Waals surface area contributed by atoms with E-state index in [9.17, 15) is 0 Å². The molecule has 2 heteroatoms. The number of hydrogen-bond acceptors (Lipinski definition) is 1. The Morgan fingerprint density at radius 1 is 0.612 bits per heavy atom. The summed E-state index contributed by atoms with van der Waals surface area (Å²) in [7, 11) is 0. The van der Waals surface area contributed by atoms with Gasteiger partial charge in [-0.1, -0.05) is 158 Å². The fraction of sp³-hybridized carbons (Fsp3) is 0.0426.